The van der Waals surface area contributed by atoms with Gasteiger partial charge in [0.05, 0.1) is 0 Å². The van der Waals surface area contributed by atoms with Gasteiger partial charge >= 0.3 is 0 Å². The highest BCUT2D eigenvalue weighted by Gasteiger charge is 2.19. The molecule has 4 heteroatoms. The SMILES string of the molecule is CCCC(OC)C(=O)Cc1c(Cl)cccc1Cl. The van der Waals surface area contributed by atoms with Gasteiger partial charge in [0, 0.05) is 23.6 Å². The zero-order chi connectivity index (χ0) is 12.8. The largest absolute Gasteiger partial charge is 0.374 e. The molecule has 0 N–H and O–H groups in total. The van der Waals surface area contributed by atoms with Crippen LogP contribution in [-0.4, -0.2) is 19.0 Å². The molecule has 0 radical (unpaired) electrons. The zero-order valence-electron chi connectivity index (χ0n) is 10.0. The molecular formula is C13H16Cl2O2. The number of ketones is 1. The molecule has 1 aromatic rings. The summed E-state index contributed by atoms with van der Waals surface area (Å²) in [5.41, 5.74) is 0.680. The van der Waals surface area contributed by atoms with E-state index in [9.17, 15) is 4.79 Å². The van der Waals surface area contributed by atoms with E-state index < -0.39 is 0 Å². The van der Waals surface area contributed by atoms with Gasteiger partial charge in [0.15, 0.2) is 5.78 Å². The Labute approximate surface area is 112 Å². The van der Waals surface area contributed by atoms with Gasteiger partial charge in [-0.1, -0.05) is 42.6 Å². The third-order valence-electron chi connectivity index (χ3n) is 2.61. The number of hydrogen-bond acceptors (Lipinski definition) is 2. The fraction of sp³-hybridized carbons (Fsp3) is 0.462. The second-order valence-electron chi connectivity index (χ2n) is 3.86. The van der Waals surface area contributed by atoms with Crippen molar-refractivity contribution < 1.29 is 9.53 Å². The topological polar surface area (TPSA) is 26.3 Å². The van der Waals surface area contributed by atoms with E-state index in [1.807, 2.05) is 6.92 Å². The molecule has 1 aromatic carbocycles. The lowest BCUT2D eigenvalue weighted by atomic mass is 10.0. The Hall–Kier alpha value is -0.570. The number of hydrogen-bond donors (Lipinski definition) is 0. The maximum Gasteiger partial charge on any atom is 0.165 e. The fourth-order valence-corrected chi connectivity index (χ4v) is 2.19. The molecule has 2 nitrogen and oxygen atoms in total. The smallest absolute Gasteiger partial charge is 0.165 e. The summed E-state index contributed by atoms with van der Waals surface area (Å²) in [7, 11) is 1.55. The second-order valence-corrected chi connectivity index (χ2v) is 4.67. The first-order valence-electron chi connectivity index (χ1n) is 5.58. The Morgan fingerprint density at radius 1 is 1.35 bits per heavy atom. The van der Waals surface area contributed by atoms with Crippen molar-refractivity contribution in [3.63, 3.8) is 0 Å². The second kappa shape index (κ2) is 7.00. The van der Waals surface area contributed by atoms with Gasteiger partial charge in [0.25, 0.3) is 0 Å². The van der Waals surface area contributed by atoms with Crippen LogP contribution in [0.3, 0.4) is 0 Å². The van der Waals surface area contributed by atoms with Gasteiger partial charge < -0.3 is 4.74 Å². The van der Waals surface area contributed by atoms with Crippen LogP contribution < -0.4 is 0 Å². The summed E-state index contributed by atoms with van der Waals surface area (Å²) in [6.07, 6.45) is 1.47. The molecule has 0 fully saturated rings. The monoisotopic (exact) mass is 274 g/mol. The average molecular weight is 275 g/mol. The van der Waals surface area contributed by atoms with Crippen LogP contribution in [-0.2, 0) is 16.0 Å². The van der Waals surface area contributed by atoms with E-state index in [0.29, 0.717) is 15.6 Å². The highest BCUT2D eigenvalue weighted by atomic mass is 35.5. The Balaban J connectivity index is 2.80. The Morgan fingerprint density at radius 2 is 1.94 bits per heavy atom. The van der Waals surface area contributed by atoms with Crippen LogP contribution in [0, 0.1) is 0 Å². The van der Waals surface area contributed by atoms with Crippen LogP contribution >= 0.6 is 23.2 Å². The molecular weight excluding hydrogens is 259 g/mol. The van der Waals surface area contributed by atoms with Gasteiger partial charge in [-0.25, -0.2) is 0 Å². The summed E-state index contributed by atoms with van der Waals surface area (Å²) in [5, 5.41) is 1.05. The number of ether oxygens (including phenoxy) is 1. The van der Waals surface area contributed by atoms with Crippen LogP contribution in [0.25, 0.3) is 0 Å². The standard InChI is InChI=1S/C13H16Cl2O2/c1-3-5-13(17-2)12(16)8-9-10(14)6-4-7-11(9)15/h4,6-7,13H,3,5,8H2,1-2H3. The number of halogens is 2. The van der Waals surface area contributed by atoms with Crippen molar-refractivity contribution in [2.24, 2.45) is 0 Å². The van der Waals surface area contributed by atoms with E-state index in [4.69, 9.17) is 27.9 Å². The van der Waals surface area contributed by atoms with Crippen LogP contribution in [0.4, 0.5) is 0 Å². The Morgan fingerprint density at radius 3 is 2.41 bits per heavy atom. The van der Waals surface area contributed by atoms with Crippen molar-refractivity contribution in [1.29, 1.82) is 0 Å². The van der Waals surface area contributed by atoms with Crippen LogP contribution in [0.2, 0.25) is 10.0 Å². The maximum atomic E-state index is 12.0. The van der Waals surface area contributed by atoms with E-state index in [0.717, 1.165) is 12.8 Å². The van der Waals surface area contributed by atoms with Crippen molar-refractivity contribution in [3.05, 3.63) is 33.8 Å². The number of rotatable bonds is 6. The number of methoxy groups -OCH3 is 1. The summed E-state index contributed by atoms with van der Waals surface area (Å²) in [6, 6.07) is 5.23. The fourth-order valence-electron chi connectivity index (χ4n) is 1.66. The summed E-state index contributed by atoms with van der Waals surface area (Å²) in [5.74, 6) is 0.0179. The van der Waals surface area contributed by atoms with Crippen molar-refractivity contribution >= 4 is 29.0 Å². The summed E-state index contributed by atoms with van der Waals surface area (Å²) in [6.45, 7) is 2.02. The number of Topliss-reactive ketones (excluding diaryl/α,β-unsaturated/α-hetero) is 1. The molecule has 0 saturated carbocycles. The summed E-state index contributed by atoms with van der Waals surface area (Å²) >= 11 is 12.0. The Bertz CT molecular complexity index is 371. The van der Waals surface area contributed by atoms with Crippen LogP contribution in [0.1, 0.15) is 25.3 Å². The van der Waals surface area contributed by atoms with Gasteiger partial charge in [0.1, 0.15) is 6.10 Å². The van der Waals surface area contributed by atoms with E-state index in [2.05, 4.69) is 0 Å². The number of carbonyl (C=O) groups excluding carboxylic acids is 1. The lowest BCUT2D eigenvalue weighted by Crippen LogP contribution is -2.24. The molecule has 0 bridgehead atoms. The molecule has 94 valence electrons. The van der Waals surface area contributed by atoms with Gasteiger partial charge in [-0.3, -0.25) is 4.79 Å². The highest BCUT2D eigenvalue weighted by Crippen LogP contribution is 2.25. The highest BCUT2D eigenvalue weighted by molar-refractivity contribution is 6.36. The van der Waals surface area contributed by atoms with E-state index in [-0.39, 0.29) is 18.3 Å². The minimum Gasteiger partial charge on any atom is -0.374 e. The average Bonchev–Trinajstić information content (AvgIpc) is 2.30. The predicted molar refractivity (Wildman–Crippen MR) is 70.9 cm³/mol. The molecule has 0 aliphatic carbocycles. The molecule has 1 unspecified atom stereocenters. The molecule has 0 saturated heterocycles. The minimum absolute atomic E-state index is 0.0179. The lowest BCUT2D eigenvalue weighted by molar-refractivity contribution is -0.128. The van der Waals surface area contributed by atoms with Gasteiger partial charge in [-0.2, -0.15) is 0 Å². The summed E-state index contributed by atoms with van der Waals surface area (Å²) in [4.78, 5) is 12.0. The first kappa shape index (κ1) is 14.5. The molecule has 1 atom stereocenters. The predicted octanol–water partition coefficient (Wildman–Crippen LogP) is 3.92. The molecule has 0 heterocycles. The number of benzene rings is 1. The van der Waals surface area contributed by atoms with Crippen molar-refractivity contribution in [3.8, 4) is 0 Å². The Kier molecular flexibility index (Phi) is 5.96. The lowest BCUT2D eigenvalue weighted by Gasteiger charge is -2.14. The maximum absolute atomic E-state index is 12.0. The van der Waals surface area contributed by atoms with Crippen LogP contribution in [0.15, 0.2) is 18.2 Å². The minimum atomic E-state index is -0.368. The van der Waals surface area contributed by atoms with Gasteiger partial charge in [0.2, 0.25) is 0 Å². The van der Waals surface area contributed by atoms with Crippen molar-refractivity contribution in [2.75, 3.05) is 7.11 Å². The van der Waals surface area contributed by atoms with E-state index in [1.165, 1.54) is 0 Å². The molecule has 0 spiro atoms. The van der Waals surface area contributed by atoms with Gasteiger partial charge in [-0.15, -0.1) is 0 Å². The quantitative estimate of drug-likeness (QED) is 0.786. The first-order chi connectivity index (χ1) is 8.10. The molecule has 0 aliphatic rings. The normalized spacial score (nSPS) is 12.5. The van der Waals surface area contributed by atoms with Gasteiger partial charge in [-0.05, 0) is 24.1 Å². The molecule has 17 heavy (non-hydrogen) atoms. The molecule has 0 aliphatic heterocycles. The third-order valence-corrected chi connectivity index (χ3v) is 3.32. The zero-order valence-corrected chi connectivity index (χ0v) is 11.5. The third kappa shape index (κ3) is 3.98. The molecule has 1 rings (SSSR count). The number of carbonyl (C=O) groups is 1. The van der Waals surface area contributed by atoms with E-state index in [1.54, 1.807) is 25.3 Å². The van der Waals surface area contributed by atoms with Crippen molar-refractivity contribution in [1.82, 2.24) is 0 Å². The van der Waals surface area contributed by atoms with E-state index >= 15 is 0 Å². The van der Waals surface area contributed by atoms with Crippen molar-refractivity contribution in [2.45, 2.75) is 32.3 Å². The van der Waals surface area contributed by atoms with Crippen LogP contribution in [0.5, 0.6) is 0 Å². The molecule has 0 aromatic heterocycles. The first-order valence-corrected chi connectivity index (χ1v) is 6.34. The summed E-state index contributed by atoms with van der Waals surface area (Å²) < 4.78 is 5.17. The molecule has 0 amide bonds.